The Balaban J connectivity index is 2.08. The van der Waals surface area contributed by atoms with E-state index >= 15 is 0 Å². The van der Waals surface area contributed by atoms with Gasteiger partial charge in [-0.15, -0.1) is 0 Å². The molecule has 1 fully saturated rings. The number of Topliss-reactive ketones (excluding diaryl/α,β-unsaturated/α-hetero) is 1. The number of methoxy groups -OCH3 is 1. The summed E-state index contributed by atoms with van der Waals surface area (Å²) in [6, 6.07) is 0.160. The molecular formula is C18H32N2O5. The van der Waals surface area contributed by atoms with E-state index in [9.17, 15) is 14.4 Å². The van der Waals surface area contributed by atoms with Crippen LogP contribution in [-0.4, -0.2) is 57.1 Å². The fourth-order valence-electron chi connectivity index (χ4n) is 2.85. The van der Waals surface area contributed by atoms with Gasteiger partial charge in [0.2, 0.25) is 11.8 Å². The maximum atomic E-state index is 12.1. The van der Waals surface area contributed by atoms with Crippen LogP contribution >= 0.6 is 0 Å². The zero-order valence-corrected chi connectivity index (χ0v) is 15.5. The largest absolute Gasteiger partial charge is 0.384 e. The van der Waals surface area contributed by atoms with Crippen LogP contribution in [0.2, 0.25) is 0 Å². The van der Waals surface area contributed by atoms with Crippen molar-refractivity contribution in [1.82, 2.24) is 10.6 Å². The van der Waals surface area contributed by atoms with Crippen molar-refractivity contribution in [2.45, 2.75) is 57.9 Å². The summed E-state index contributed by atoms with van der Waals surface area (Å²) in [5, 5.41) is 5.88. The van der Waals surface area contributed by atoms with Gasteiger partial charge in [-0.2, -0.15) is 0 Å². The lowest BCUT2D eigenvalue weighted by molar-refractivity contribution is -0.126. The van der Waals surface area contributed by atoms with Gasteiger partial charge in [0.25, 0.3) is 0 Å². The van der Waals surface area contributed by atoms with Crippen molar-refractivity contribution in [3.8, 4) is 0 Å². The Bertz CT molecular complexity index is 420. The average molecular weight is 356 g/mol. The van der Waals surface area contributed by atoms with E-state index in [1.807, 2.05) is 6.92 Å². The number of ether oxygens (including phenoxy) is 2. The standard InChI is InChI=1S/C18H32N2O5/c1-3-16(21)8-12-25-13-10-19-18(23)14-4-6-15(7-5-14)20-17(22)9-11-24-2/h14-15H,3-13H2,1-2H3,(H,19,23)(H,20,22). The quantitative estimate of drug-likeness (QED) is 0.513. The molecule has 2 amide bonds. The summed E-state index contributed by atoms with van der Waals surface area (Å²) < 4.78 is 10.2. The number of carbonyl (C=O) groups excluding carboxylic acids is 3. The maximum absolute atomic E-state index is 12.1. The second-order valence-corrected chi connectivity index (χ2v) is 6.40. The lowest BCUT2D eigenvalue weighted by Gasteiger charge is -2.28. The Kier molecular flexibility index (Phi) is 11.1. The van der Waals surface area contributed by atoms with Gasteiger partial charge in [-0.05, 0) is 25.7 Å². The Morgan fingerprint density at radius 2 is 1.72 bits per heavy atom. The number of hydrogen-bond donors (Lipinski definition) is 2. The third-order valence-corrected chi connectivity index (χ3v) is 4.46. The summed E-state index contributed by atoms with van der Waals surface area (Å²) in [5.41, 5.74) is 0. The summed E-state index contributed by atoms with van der Waals surface area (Å²) in [5.74, 6) is 0.259. The van der Waals surface area contributed by atoms with Crippen LogP contribution < -0.4 is 10.6 Å². The van der Waals surface area contributed by atoms with E-state index < -0.39 is 0 Å². The van der Waals surface area contributed by atoms with Crippen LogP contribution in [0, 0.1) is 5.92 Å². The molecule has 1 aliphatic rings. The minimum atomic E-state index is 0.00783. The van der Waals surface area contributed by atoms with E-state index in [1.165, 1.54) is 0 Å². The predicted molar refractivity (Wildman–Crippen MR) is 94.1 cm³/mol. The molecule has 0 aromatic heterocycles. The predicted octanol–water partition coefficient (Wildman–Crippen LogP) is 1.20. The first-order valence-corrected chi connectivity index (χ1v) is 9.22. The Morgan fingerprint density at radius 1 is 1.00 bits per heavy atom. The van der Waals surface area contributed by atoms with Crippen molar-refractivity contribution in [2.24, 2.45) is 5.92 Å². The van der Waals surface area contributed by atoms with Gasteiger partial charge in [-0.25, -0.2) is 0 Å². The molecule has 0 spiro atoms. The van der Waals surface area contributed by atoms with Crippen LogP contribution in [0.25, 0.3) is 0 Å². The summed E-state index contributed by atoms with van der Waals surface area (Å²) in [4.78, 5) is 34.9. The summed E-state index contributed by atoms with van der Waals surface area (Å²) in [7, 11) is 1.58. The van der Waals surface area contributed by atoms with Gasteiger partial charge in [0.05, 0.1) is 19.8 Å². The monoisotopic (exact) mass is 356 g/mol. The van der Waals surface area contributed by atoms with E-state index in [-0.39, 0.29) is 29.6 Å². The van der Waals surface area contributed by atoms with Crippen molar-refractivity contribution >= 4 is 17.6 Å². The molecule has 0 atom stereocenters. The van der Waals surface area contributed by atoms with E-state index in [0.717, 1.165) is 25.7 Å². The minimum absolute atomic E-state index is 0.00783. The summed E-state index contributed by atoms with van der Waals surface area (Å²) >= 11 is 0. The van der Waals surface area contributed by atoms with Crippen molar-refractivity contribution in [3.05, 3.63) is 0 Å². The van der Waals surface area contributed by atoms with Crippen LogP contribution in [0.5, 0.6) is 0 Å². The van der Waals surface area contributed by atoms with E-state index in [0.29, 0.717) is 45.6 Å². The molecule has 0 bridgehead atoms. The molecule has 7 heteroatoms. The average Bonchev–Trinajstić information content (AvgIpc) is 2.62. The van der Waals surface area contributed by atoms with Crippen LogP contribution in [0.4, 0.5) is 0 Å². The lowest BCUT2D eigenvalue weighted by atomic mass is 9.85. The number of rotatable bonds is 12. The van der Waals surface area contributed by atoms with E-state index in [1.54, 1.807) is 7.11 Å². The highest BCUT2D eigenvalue weighted by atomic mass is 16.5. The van der Waals surface area contributed by atoms with Crippen molar-refractivity contribution in [3.63, 3.8) is 0 Å². The second kappa shape index (κ2) is 12.8. The first-order chi connectivity index (χ1) is 12.1. The highest BCUT2D eigenvalue weighted by Crippen LogP contribution is 2.24. The molecule has 0 aromatic carbocycles. The lowest BCUT2D eigenvalue weighted by Crippen LogP contribution is -2.41. The Labute approximate surface area is 150 Å². The normalized spacial score (nSPS) is 20.1. The molecule has 1 rings (SSSR count). The van der Waals surface area contributed by atoms with Gasteiger partial charge in [-0.1, -0.05) is 6.92 Å². The Hall–Kier alpha value is -1.47. The smallest absolute Gasteiger partial charge is 0.223 e. The zero-order valence-electron chi connectivity index (χ0n) is 15.5. The van der Waals surface area contributed by atoms with Crippen LogP contribution in [-0.2, 0) is 23.9 Å². The first-order valence-electron chi connectivity index (χ1n) is 9.22. The zero-order chi connectivity index (χ0) is 18.5. The molecule has 0 heterocycles. The number of carbonyl (C=O) groups is 3. The van der Waals surface area contributed by atoms with Crippen molar-refractivity contribution in [1.29, 1.82) is 0 Å². The molecule has 1 aliphatic carbocycles. The summed E-state index contributed by atoms with van der Waals surface area (Å²) in [6.45, 7) is 3.57. The van der Waals surface area contributed by atoms with E-state index in [2.05, 4.69) is 10.6 Å². The molecule has 0 radical (unpaired) electrons. The van der Waals surface area contributed by atoms with Gasteiger partial charge >= 0.3 is 0 Å². The first kappa shape index (κ1) is 21.6. The number of hydrogen-bond acceptors (Lipinski definition) is 5. The number of nitrogens with one attached hydrogen (secondary N) is 2. The molecule has 1 saturated carbocycles. The minimum Gasteiger partial charge on any atom is -0.384 e. The third-order valence-electron chi connectivity index (χ3n) is 4.46. The topological polar surface area (TPSA) is 93.7 Å². The van der Waals surface area contributed by atoms with Gasteiger partial charge in [0.1, 0.15) is 5.78 Å². The molecular weight excluding hydrogens is 324 g/mol. The van der Waals surface area contributed by atoms with Gasteiger partial charge in [0.15, 0.2) is 0 Å². The molecule has 2 N–H and O–H groups in total. The van der Waals surface area contributed by atoms with E-state index in [4.69, 9.17) is 9.47 Å². The fraction of sp³-hybridized carbons (Fsp3) is 0.833. The highest BCUT2D eigenvalue weighted by Gasteiger charge is 2.26. The van der Waals surface area contributed by atoms with Gasteiger partial charge in [0, 0.05) is 44.9 Å². The maximum Gasteiger partial charge on any atom is 0.223 e. The molecule has 144 valence electrons. The molecule has 25 heavy (non-hydrogen) atoms. The number of amides is 2. The molecule has 0 unspecified atom stereocenters. The number of ketones is 1. The van der Waals surface area contributed by atoms with Crippen molar-refractivity contribution < 1.29 is 23.9 Å². The molecule has 0 aromatic rings. The third kappa shape index (κ3) is 9.55. The van der Waals surface area contributed by atoms with Crippen LogP contribution in [0.1, 0.15) is 51.9 Å². The second-order valence-electron chi connectivity index (χ2n) is 6.40. The van der Waals surface area contributed by atoms with Crippen molar-refractivity contribution in [2.75, 3.05) is 33.5 Å². The Morgan fingerprint density at radius 3 is 2.36 bits per heavy atom. The fourth-order valence-corrected chi connectivity index (χ4v) is 2.85. The van der Waals surface area contributed by atoms with Gasteiger partial charge in [-0.3, -0.25) is 14.4 Å². The molecule has 0 aliphatic heterocycles. The molecule has 7 nitrogen and oxygen atoms in total. The van der Waals surface area contributed by atoms with Crippen LogP contribution in [0.3, 0.4) is 0 Å². The highest BCUT2D eigenvalue weighted by molar-refractivity contribution is 5.79. The summed E-state index contributed by atoms with van der Waals surface area (Å²) in [6.07, 6.45) is 4.57. The van der Waals surface area contributed by atoms with Crippen LogP contribution in [0.15, 0.2) is 0 Å². The molecule has 0 saturated heterocycles. The SMILES string of the molecule is CCC(=O)CCOCCNC(=O)C1CCC(NC(=O)CCOC)CC1. The van der Waals surface area contributed by atoms with Gasteiger partial charge < -0.3 is 20.1 Å².